The van der Waals surface area contributed by atoms with Gasteiger partial charge in [-0.05, 0) is 48.4 Å². The van der Waals surface area contributed by atoms with Gasteiger partial charge in [-0.3, -0.25) is 4.79 Å². The highest BCUT2D eigenvalue weighted by atomic mass is 32.2. The number of aryl methyl sites for hydroxylation is 1. The summed E-state index contributed by atoms with van der Waals surface area (Å²) < 4.78 is 31.9. The molecule has 1 amide bonds. The van der Waals surface area contributed by atoms with Gasteiger partial charge in [0.15, 0.2) is 0 Å². The van der Waals surface area contributed by atoms with Gasteiger partial charge in [-0.15, -0.1) is 0 Å². The summed E-state index contributed by atoms with van der Waals surface area (Å²) in [7, 11) is -3.48. The first-order valence-corrected chi connectivity index (χ1v) is 12.8. The van der Waals surface area contributed by atoms with Crippen molar-refractivity contribution in [2.24, 2.45) is 0 Å². The van der Waals surface area contributed by atoms with Crippen molar-refractivity contribution in [2.45, 2.75) is 57.8 Å². The van der Waals surface area contributed by atoms with Crippen LogP contribution in [0.4, 0.5) is 5.69 Å². The van der Waals surface area contributed by atoms with Gasteiger partial charge in [0, 0.05) is 36.2 Å². The zero-order valence-corrected chi connectivity index (χ0v) is 21.1. The first-order valence-electron chi connectivity index (χ1n) is 11.4. The largest absolute Gasteiger partial charge is 0.338 e. The lowest BCUT2D eigenvalue weighted by molar-refractivity contribution is -0.116. The van der Waals surface area contributed by atoms with Crippen molar-refractivity contribution in [2.75, 3.05) is 18.4 Å². The fraction of sp³-hybridized carbons (Fsp3) is 0.400. The van der Waals surface area contributed by atoms with Gasteiger partial charge in [0.25, 0.3) is 0 Å². The molecule has 0 atom stereocenters. The lowest BCUT2D eigenvalue weighted by Crippen LogP contribution is -2.30. The lowest BCUT2D eigenvalue weighted by Gasteiger charge is -2.18. The highest BCUT2D eigenvalue weighted by Gasteiger charge is 2.22. The zero-order chi connectivity index (χ0) is 24.9. The molecule has 0 bridgehead atoms. The Balaban J connectivity index is 1.55. The van der Waals surface area contributed by atoms with Crippen LogP contribution in [0.1, 0.15) is 52.5 Å². The van der Waals surface area contributed by atoms with E-state index in [1.165, 1.54) is 4.31 Å². The van der Waals surface area contributed by atoms with Gasteiger partial charge in [0.05, 0.1) is 4.90 Å². The van der Waals surface area contributed by atoms with Gasteiger partial charge in [-0.1, -0.05) is 51.9 Å². The highest BCUT2D eigenvalue weighted by Crippen LogP contribution is 2.24. The van der Waals surface area contributed by atoms with Gasteiger partial charge in [0.2, 0.25) is 27.6 Å². The summed E-state index contributed by atoms with van der Waals surface area (Å²) in [5, 5.41) is 6.91. The molecule has 3 aromatic rings. The molecule has 2 aromatic carbocycles. The van der Waals surface area contributed by atoms with Crippen LogP contribution in [-0.2, 0) is 26.7 Å². The van der Waals surface area contributed by atoms with Gasteiger partial charge < -0.3 is 9.84 Å². The monoisotopic (exact) mass is 484 g/mol. The molecule has 0 spiro atoms. The molecule has 182 valence electrons. The quantitative estimate of drug-likeness (QED) is 0.474. The first kappa shape index (κ1) is 25.6. The molecule has 34 heavy (non-hydrogen) atoms. The molecule has 3 rings (SSSR count). The number of nitrogens with zero attached hydrogens (tertiary/aromatic N) is 3. The predicted molar refractivity (Wildman–Crippen MR) is 132 cm³/mol. The summed E-state index contributed by atoms with van der Waals surface area (Å²) >= 11 is 0. The molecule has 8 nitrogen and oxygen atoms in total. The van der Waals surface area contributed by atoms with E-state index in [2.05, 4.69) is 15.5 Å². The van der Waals surface area contributed by atoms with E-state index in [9.17, 15) is 13.2 Å². The minimum absolute atomic E-state index is 0.123. The van der Waals surface area contributed by atoms with Crippen molar-refractivity contribution in [3.8, 4) is 11.4 Å². The summed E-state index contributed by atoms with van der Waals surface area (Å²) in [5.74, 6) is 0.954. The molecule has 1 heterocycles. The third kappa shape index (κ3) is 6.09. The Hall–Kier alpha value is -3.04. The zero-order valence-electron chi connectivity index (χ0n) is 20.3. The molecule has 9 heteroatoms. The van der Waals surface area contributed by atoms with Crippen LogP contribution in [0.2, 0.25) is 0 Å². The summed E-state index contributed by atoms with van der Waals surface area (Å²) in [5.41, 5.74) is 2.15. The van der Waals surface area contributed by atoms with Gasteiger partial charge >= 0.3 is 0 Å². The van der Waals surface area contributed by atoms with E-state index in [0.29, 0.717) is 36.9 Å². The fourth-order valence-corrected chi connectivity index (χ4v) is 4.83. The average Bonchev–Trinajstić information content (AvgIpc) is 3.30. The maximum Gasteiger partial charge on any atom is 0.243 e. The predicted octanol–water partition coefficient (Wildman–Crippen LogP) is 4.64. The Morgan fingerprint density at radius 1 is 1.00 bits per heavy atom. The van der Waals surface area contributed by atoms with E-state index in [1.54, 1.807) is 36.4 Å². The number of carbonyl (C=O) groups excluding carboxylic acids is 1. The summed E-state index contributed by atoms with van der Waals surface area (Å²) in [6.45, 7) is 10.5. The second-order valence-electron chi connectivity index (χ2n) is 9.03. The normalized spacial score (nSPS) is 12.2. The number of rotatable bonds is 9. The van der Waals surface area contributed by atoms with Crippen molar-refractivity contribution in [1.29, 1.82) is 0 Å². The minimum atomic E-state index is -3.48. The van der Waals surface area contributed by atoms with E-state index < -0.39 is 10.0 Å². The van der Waals surface area contributed by atoms with Gasteiger partial charge in [-0.25, -0.2) is 8.42 Å². The second-order valence-corrected chi connectivity index (χ2v) is 11.0. The Morgan fingerprint density at radius 2 is 1.62 bits per heavy atom. The topological polar surface area (TPSA) is 105 Å². The third-order valence-corrected chi connectivity index (χ3v) is 7.47. The number of benzene rings is 2. The van der Waals surface area contributed by atoms with Gasteiger partial charge in [0.1, 0.15) is 0 Å². The Bertz CT molecular complexity index is 1210. The molecule has 0 fully saturated rings. The van der Waals surface area contributed by atoms with Crippen molar-refractivity contribution < 1.29 is 17.7 Å². The van der Waals surface area contributed by atoms with Crippen LogP contribution in [0.25, 0.3) is 11.4 Å². The van der Waals surface area contributed by atoms with Crippen LogP contribution < -0.4 is 5.32 Å². The molecule has 0 saturated carbocycles. The molecule has 0 radical (unpaired) electrons. The standard InChI is InChI=1S/C25H32N4O4S/c1-6-29(7-2)34(31,32)21-15-8-18(9-16-21)10-17-22(30)26-20-13-11-19(12-14-20)23-27-24(33-28-23)25(3,4)5/h8-9,11-16H,6-7,10,17H2,1-5H3,(H,26,30). The smallest absolute Gasteiger partial charge is 0.243 e. The van der Waals surface area contributed by atoms with Crippen LogP contribution in [0.15, 0.2) is 57.9 Å². The molecule has 0 unspecified atom stereocenters. The fourth-order valence-electron chi connectivity index (χ4n) is 3.37. The van der Waals surface area contributed by atoms with Crippen LogP contribution in [0.3, 0.4) is 0 Å². The number of hydrogen-bond acceptors (Lipinski definition) is 6. The van der Waals surface area contributed by atoms with E-state index in [0.717, 1.165) is 11.1 Å². The first-order chi connectivity index (χ1) is 16.0. The Labute approximate surface area is 201 Å². The lowest BCUT2D eigenvalue weighted by atomic mass is 9.97. The van der Waals surface area contributed by atoms with E-state index >= 15 is 0 Å². The number of carbonyl (C=O) groups is 1. The highest BCUT2D eigenvalue weighted by molar-refractivity contribution is 7.89. The molecule has 0 aliphatic carbocycles. The van der Waals surface area contributed by atoms with E-state index in [4.69, 9.17) is 4.52 Å². The number of aromatic nitrogens is 2. The SMILES string of the molecule is CCN(CC)S(=O)(=O)c1ccc(CCC(=O)Nc2ccc(-c3noc(C(C)(C)C)n3)cc2)cc1. The van der Waals surface area contributed by atoms with E-state index in [-0.39, 0.29) is 22.6 Å². The van der Waals surface area contributed by atoms with Crippen LogP contribution in [0, 0.1) is 0 Å². The van der Waals surface area contributed by atoms with Crippen LogP contribution in [0.5, 0.6) is 0 Å². The molecule has 1 aromatic heterocycles. The van der Waals surface area contributed by atoms with Crippen LogP contribution >= 0.6 is 0 Å². The number of amides is 1. The molecule has 1 N–H and O–H groups in total. The van der Waals surface area contributed by atoms with Crippen molar-refractivity contribution in [3.05, 3.63) is 60.0 Å². The number of sulfonamides is 1. The van der Waals surface area contributed by atoms with Crippen LogP contribution in [-0.4, -0.2) is 41.9 Å². The van der Waals surface area contributed by atoms with Crippen molar-refractivity contribution in [3.63, 3.8) is 0 Å². The maximum atomic E-state index is 12.6. The van der Waals surface area contributed by atoms with Crippen molar-refractivity contribution >= 4 is 21.6 Å². The average molecular weight is 485 g/mol. The summed E-state index contributed by atoms with van der Waals surface area (Å²) in [6, 6.07) is 14.0. The Kier molecular flexibility index (Phi) is 7.89. The van der Waals surface area contributed by atoms with E-state index in [1.807, 2.05) is 46.8 Å². The molecular weight excluding hydrogens is 452 g/mol. The van der Waals surface area contributed by atoms with Crippen molar-refractivity contribution in [1.82, 2.24) is 14.4 Å². The molecular formula is C25H32N4O4S. The third-order valence-electron chi connectivity index (χ3n) is 5.40. The molecule has 0 aliphatic heterocycles. The number of anilines is 1. The minimum Gasteiger partial charge on any atom is -0.338 e. The number of hydrogen-bond donors (Lipinski definition) is 1. The summed E-state index contributed by atoms with van der Waals surface area (Å²) in [4.78, 5) is 17.1. The molecule has 0 saturated heterocycles. The van der Waals surface area contributed by atoms with Gasteiger partial charge in [-0.2, -0.15) is 9.29 Å². The second kappa shape index (κ2) is 10.5. The molecule has 0 aliphatic rings. The number of nitrogens with one attached hydrogen (secondary N) is 1. The maximum absolute atomic E-state index is 12.6. The summed E-state index contributed by atoms with van der Waals surface area (Å²) in [6.07, 6.45) is 0.789. The Morgan fingerprint density at radius 3 is 2.15 bits per heavy atom.